The van der Waals surface area contributed by atoms with Crippen LogP contribution in [0.25, 0.3) is 10.8 Å². The number of hydrogen-bond donors (Lipinski definition) is 2. The number of fused-ring (bicyclic) bond motifs is 1. The van der Waals surface area contributed by atoms with Gasteiger partial charge in [0.15, 0.2) is 0 Å². The van der Waals surface area contributed by atoms with Crippen molar-refractivity contribution in [2.24, 2.45) is 0 Å². The molecule has 0 aliphatic carbocycles. The Morgan fingerprint density at radius 3 is 2.50 bits per heavy atom. The van der Waals surface area contributed by atoms with E-state index in [1.807, 2.05) is 24.3 Å². The summed E-state index contributed by atoms with van der Waals surface area (Å²) in [5.74, 6) is 0.366. The fourth-order valence-corrected chi connectivity index (χ4v) is 1.89. The van der Waals surface area contributed by atoms with E-state index in [4.69, 9.17) is 0 Å². The van der Waals surface area contributed by atoms with Gasteiger partial charge in [0, 0.05) is 18.0 Å². The monoisotopic (exact) mass is 185 g/mol. The molecule has 0 saturated carbocycles. The van der Waals surface area contributed by atoms with Crippen LogP contribution in [0.5, 0.6) is 5.75 Å². The van der Waals surface area contributed by atoms with Gasteiger partial charge in [0.05, 0.1) is 0 Å². The molecule has 2 aromatic rings. The molecule has 1 heterocycles. The van der Waals surface area contributed by atoms with Crippen LogP contribution in [0.3, 0.4) is 0 Å². The van der Waals surface area contributed by atoms with Gasteiger partial charge in [-0.2, -0.15) is 0 Å². The highest BCUT2D eigenvalue weighted by molar-refractivity contribution is 5.91. The van der Waals surface area contributed by atoms with Crippen LogP contribution < -0.4 is 5.32 Å². The van der Waals surface area contributed by atoms with Crippen molar-refractivity contribution in [2.75, 3.05) is 6.54 Å². The Morgan fingerprint density at radius 2 is 1.79 bits per heavy atom. The van der Waals surface area contributed by atoms with Crippen LogP contribution in [0.1, 0.15) is 11.6 Å². The zero-order valence-corrected chi connectivity index (χ0v) is 7.70. The smallest absolute Gasteiger partial charge is 0.123 e. The van der Waals surface area contributed by atoms with E-state index in [9.17, 15) is 5.11 Å². The molecular weight excluding hydrogens is 174 g/mol. The van der Waals surface area contributed by atoms with Gasteiger partial charge in [0.25, 0.3) is 0 Å². The summed E-state index contributed by atoms with van der Waals surface area (Å²) in [7, 11) is 0. The molecule has 0 unspecified atom stereocenters. The lowest BCUT2D eigenvalue weighted by atomic mass is 10.0. The first-order chi connectivity index (χ1) is 6.86. The number of benzene rings is 2. The third-order valence-corrected chi connectivity index (χ3v) is 2.72. The zero-order chi connectivity index (χ0) is 9.54. The molecule has 70 valence electrons. The Bertz CT molecular complexity index is 489. The summed E-state index contributed by atoms with van der Waals surface area (Å²) in [5, 5.41) is 15.1. The summed E-state index contributed by atoms with van der Waals surface area (Å²) in [6.45, 7) is 1.05. The summed E-state index contributed by atoms with van der Waals surface area (Å²) >= 11 is 0. The number of hydrogen-bond acceptors (Lipinski definition) is 2. The second-order valence-corrected chi connectivity index (χ2v) is 3.68. The van der Waals surface area contributed by atoms with E-state index in [1.54, 1.807) is 6.07 Å². The summed E-state index contributed by atoms with van der Waals surface area (Å²) in [4.78, 5) is 0. The molecule has 0 bridgehead atoms. The zero-order valence-electron chi connectivity index (χ0n) is 7.70. The fourth-order valence-electron chi connectivity index (χ4n) is 1.89. The molecule has 1 aliphatic heterocycles. The van der Waals surface area contributed by atoms with Crippen LogP contribution >= 0.6 is 0 Å². The van der Waals surface area contributed by atoms with Crippen molar-refractivity contribution in [3.05, 3.63) is 42.0 Å². The molecule has 2 aromatic carbocycles. The van der Waals surface area contributed by atoms with Crippen LogP contribution in [0.15, 0.2) is 36.4 Å². The maximum Gasteiger partial charge on any atom is 0.123 e. The molecule has 1 atom stereocenters. The summed E-state index contributed by atoms with van der Waals surface area (Å²) in [6, 6.07) is 12.2. The Hall–Kier alpha value is -1.54. The van der Waals surface area contributed by atoms with Crippen LogP contribution in [0.2, 0.25) is 0 Å². The lowest BCUT2D eigenvalue weighted by Gasteiger charge is -2.05. The van der Waals surface area contributed by atoms with Crippen molar-refractivity contribution in [3.8, 4) is 5.75 Å². The van der Waals surface area contributed by atoms with Gasteiger partial charge in [-0.3, -0.25) is 0 Å². The van der Waals surface area contributed by atoms with Gasteiger partial charge in [-0.1, -0.05) is 30.3 Å². The summed E-state index contributed by atoms with van der Waals surface area (Å²) < 4.78 is 0. The molecule has 2 N–H and O–H groups in total. The summed E-state index contributed by atoms with van der Waals surface area (Å²) in [6.07, 6.45) is 0. The minimum atomic E-state index is 0.366. The van der Waals surface area contributed by atoms with Crippen LogP contribution in [-0.4, -0.2) is 11.7 Å². The molecule has 3 rings (SSSR count). The van der Waals surface area contributed by atoms with Gasteiger partial charge >= 0.3 is 0 Å². The van der Waals surface area contributed by atoms with Gasteiger partial charge in [-0.05, 0) is 17.0 Å². The maximum absolute atomic E-state index is 9.68. The van der Waals surface area contributed by atoms with Crippen LogP contribution in [0.4, 0.5) is 0 Å². The minimum Gasteiger partial charge on any atom is -0.507 e. The van der Waals surface area contributed by atoms with E-state index in [0.717, 1.165) is 17.3 Å². The van der Waals surface area contributed by atoms with Gasteiger partial charge in [-0.25, -0.2) is 0 Å². The number of nitrogens with one attached hydrogen (secondary N) is 1. The lowest BCUT2D eigenvalue weighted by molar-refractivity contribution is 0.481. The predicted molar refractivity (Wildman–Crippen MR) is 56.4 cm³/mol. The van der Waals surface area contributed by atoms with Crippen molar-refractivity contribution >= 4 is 10.8 Å². The largest absolute Gasteiger partial charge is 0.507 e. The van der Waals surface area contributed by atoms with Crippen LogP contribution in [0, 0.1) is 0 Å². The Labute approximate surface area is 82.2 Å². The van der Waals surface area contributed by atoms with Gasteiger partial charge in [0.1, 0.15) is 5.75 Å². The van der Waals surface area contributed by atoms with E-state index in [2.05, 4.69) is 11.4 Å². The lowest BCUT2D eigenvalue weighted by Crippen LogP contribution is -1.86. The maximum atomic E-state index is 9.68. The topological polar surface area (TPSA) is 42.2 Å². The highest BCUT2D eigenvalue weighted by atomic mass is 16.3. The number of aromatic hydroxyl groups is 1. The van der Waals surface area contributed by atoms with E-state index in [1.165, 1.54) is 5.56 Å². The molecule has 0 aromatic heterocycles. The van der Waals surface area contributed by atoms with Gasteiger partial charge in [-0.15, -0.1) is 0 Å². The molecule has 0 radical (unpaired) electrons. The highest BCUT2D eigenvalue weighted by Crippen LogP contribution is 2.33. The van der Waals surface area contributed by atoms with E-state index < -0.39 is 0 Å². The number of phenols is 1. The standard InChI is InChI=1S/C12H11NO/c14-12-6-5-9(11-7-13-11)8-3-1-2-4-10(8)12/h1-6,11,13-14H,7H2/t11-/m1/s1. The van der Waals surface area contributed by atoms with Crippen molar-refractivity contribution < 1.29 is 5.11 Å². The minimum absolute atomic E-state index is 0.366. The Kier molecular flexibility index (Phi) is 1.52. The molecule has 2 nitrogen and oxygen atoms in total. The Morgan fingerprint density at radius 1 is 1.07 bits per heavy atom. The van der Waals surface area contributed by atoms with Gasteiger partial charge in [0.2, 0.25) is 0 Å². The van der Waals surface area contributed by atoms with Crippen molar-refractivity contribution in [3.63, 3.8) is 0 Å². The van der Waals surface area contributed by atoms with E-state index in [-0.39, 0.29) is 0 Å². The SMILES string of the molecule is Oc1ccc([C@H]2CN2)c2ccccc12. The second kappa shape index (κ2) is 2.72. The van der Waals surface area contributed by atoms with E-state index >= 15 is 0 Å². The van der Waals surface area contributed by atoms with Gasteiger partial charge < -0.3 is 10.4 Å². The average Bonchev–Trinajstić information content (AvgIpc) is 3.03. The first-order valence-electron chi connectivity index (χ1n) is 4.80. The molecule has 14 heavy (non-hydrogen) atoms. The molecule has 0 spiro atoms. The number of phenolic OH excluding ortho intramolecular Hbond substituents is 1. The van der Waals surface area contributed by atoms with Crippen molar-refractivity contribution in [1.82, 2.24) is 5.32 Å². The molecule has 1 fully saturated rings. The quantitative estimate of drug-likeness (QED) is 0.669. The fraction of sp³-hybridized carbons (Fsp3) is 0.167. The molecule has 1 aliphatic rings. The average molecular weight is 185 g/mol. The molecular formula is C12H11NO. The van der Waals surface area contributed by atoms with Crippen LogP contribution in [-0.2, 0) is 0 Å². The van der Waals surface area contributed by atoms with Crippen molar-refractivity contribution in [2.45, 2.75) is 6.04 Å². The first kappa shape index (κ1) is 7.83. The Balaban J connectivity index is 2.35. The predicted octanol–water partition coefficient (Wildman–Crippen LogP) is 2.19. The molecule has 0 amide bonds. The third kappa shape index (κ3) is 1.08. The van der Waals surface area contributed by atoms with E-state index in [0.29, 0.717) is 11.8 Å². The number of rotatable bonds is 1. The molecule has 1 saturated heterocycles. The molecule has 2 heteroatoms. The third-order valence-electron chi connectivity index (χ3n) is 2.72. The normalized spacial score (nSPS) is 19.9. The first-order valence-corrected chi connectivity index (χ1v) is 4.80. The second-order valence-electron chi connectivity index (χ2n) is 3.68. The van der Waals surface area contributed by atoms with Crippen molar-refractivity contribution in [1.29, 1.82) is 0 Å². The summed E-state index contributed by atoms with van der Waals surface area (Å²) in [5.41, 5.74) is 1.29. The highest BCUT2D eigenvalue weighted by Gasteiger charge is 2.24.